The fourth-order valence-electron chi connectivity index (χ4n) is 0.994. The summed E-state index contributed by atoms with van der Waals surface area (Å²) in [6.45, 7) is 10.0. The van der Waals surface area contributed by atoms with Crippen molar-refractivity contribution < 1.29 is 33.6 Å². The van der Waals surface area contributed by atoms with E-state index in [1.165, 1.54) is 0 Å². The van der Waals surface area contributed by atoms with Crippen molar-refractivity contribution in [3.63, 3.8) is 0 Å². The van der Waals surface area contributed by atoms with E-state index in [4.69, 9.17) is 9.47 Å². The summed E-state index contributed by atoms with van der Waals surface area (Å²) in [5.41, 5.74) is -1.47. The molecule has 104 valence electrons. The highest BCUT2D eigenvalue weighted by molar-refractivity contribution is 5.86. The van der Waals surface area contributed by atoms with Crippen LogP contribution >= 0.6 is 0 Å². The van der Waals surface area contributed by atoms with Gasteiger partial charge in [-0.2, -0.15) is 9.78 Å². The molecule has 0 aromatic heterocycles. The third-order valence-corrected chi connectivity index (χ3v) is 1.49. The Hall–Kier alpha value is -1.18. The number of esters is 1. The molecule has 1 aliphatic heterocycles. The van der Waals surface area contributed by atoms with Gasteiger partial charge >= 0.3 is 18.1 Å². The van der Waals surface area contributed by atoms with Crippen LogP contribution in [0.15, 0.2) is 0 Å². The lowest BCUT2D eigenvalue weighted by Crippen LogP contribution is -2.39. The van der Waals surface area contributed by atoms with E-state index >= 15 is 0 Å². The summed E-state index contributed by atoms with van der Waals surface area (Å²) in [7, 11) is 0. The number of ether oxygens (including phenoxy) is 3. The Bertz CT molecular complexity index is 343. The molecule has 1 fully saturated rings. The lowest BCUT2D eigenvalue weighted by atomic mass is 10.2. The lowest BCUT2D eigenvalue weighted by molar-refractivity contribution is -0.191. The van der Waals surface area contributed by atoms with Gasteiger partial charge in [-0.1, -0.05) is 0 Å². The molecule has 1 rings (SSSR count). The van der Waals surface area contributed by atoms with Crippen LogP contribution < -0.4 is 0 Å². The molecule has 0 amide bonds. The van der Waals surface area contributed by atoms with E-state index < -0.39 is 29.3 Å². The molecule has 0 N–H and O–H groups in total. The molecule has 0 bridgehead atoms. The number of carbonyl (C=O) groups excluding carboxylic acids is 2. The average molecular weight is 262 g/mol. The van der Waals surface area contributed by atoms with Gasteiger partial charge in [-0.15, -0.1) is 0 Å². The van der Waals surface area contributed by atoms with E-state index in [-0.39, 0.29) is 0 Å². The molecule has 7 nitrogen and oxygen atoms in total. The van der Waals surface area contributed by atoms with Crippen LogP contribution in [0.4, 0.5) is 4.79 Å². The summed E-state index contributed by atoms with van der Waals surface area (Å²) in [6.07, 6.45) is -1.14. The third kappa shape index (κ3) is 4.59. The van der Waals surface area contributed by atoms with E-state index in [1.807, 2.05) is 0 Å². The highest BCUT2D eigenvalue weighted by atomic mass is 17.5. The van der Waals surface area contributed by atoms with Gasteiger partial charge in [0.1, 0.15) is 5.60 Å². The Balaban J connectivity index is 2.54. The summed E-state index contributed by atoms with van der Waals surface area (Å²) >= 11 is 0. The summed E-state index contributed by atoms with van der Waals surface area (Å²) < 4.78 is 14.4. The number of hydrogen-bond acceptors (Lipinski definition) is 7. The summed E-state index contributed by atoms with van der Waals surface area (Å²) in [5, 5.41) is 0. The molecule has 0 aromatic rings. The molecule has 1 aliphatic rings. The number of rotatable bonds is 2. The minimum absolute atomic E-state index is 0.705. The van der Waals surface area contributed by atoms with Gasteiger partial charge < -0.3 is 14.2 Å². The zero-order valence-corrected chi connectivity index (χ0v) is 11.4. The summed E-state index contributed by atoms with van der Waals surface area (Å²) in [6, 6.07) is 0. The normalized spacial score (nSPS) is 18.1. The van der Waals surface area contributed by atoms with Crippen LogP contribution in [0.1, 0.15) is 41.5 Å². The van der Waals surface area contributed by atoms with Gasteiger partial charge in [0, 0.05) is 0 Å². The van der Waals surface area contributed by atoms with Gasteiger partial charge in [0.2, 0.25) is 0 Å². The van der Waals surface area contributed by atoms with Crippen molar-refractivity contribution in [3.05, 3.63) is 0 Å². The zero-order chi connectivity index (χ0) is 14.2. The summed E-state index contributed by atoms with van der Waals surface area (Å²) in [4.78, 5) is 31.8. The average Bonchev–Trinajstić information content (AvgIpc) is 2.78. The molecule has 7 heteroatoms. The minimum atomic E-state index is -1.96. The predicted molar refractivity (Wildman–Crippen MR) is 58.1 cm³/mol. The Labute approximate surface area is 105 Å². The van der Waals surface area contributed by atoms with Gasteiger partial charge in [0.05, 0.1) is 5.60 Å². The predicted octanol–water partition coefficient (Wildman–Crippen LogP) is 1.90. The quantitative estimate of drug-likeness (QED) is 0.325. The van der Waals surface area contributed by atoms with E-state index in [0.717, 1.165) is 0 Å². The van der Waals surface area contributed by atoms with Crippen molar-refractivity contribution in [2.24, 2.45) is 0 Å². The smallest absolute Gasteiger partial charge is 0.428 e. The number of carbonyl (C=O) groups is 2. The first-order valence-electron chi connectivity index (χ1n) is 5.46. The van der Waals surface area contributed by atoms with Crippen LogP contribution in [0.25, 0.3) is 0 Å². The molecule has 1 saturated heterocycles. The van der Waals surface area contributed by atoms with E-state index in [9.17, 15) is 9.59 Å². The van der Waals surface area contributed by atoms with Crippen molar-refractivity contribution in [1.29, 1.82) is 0 Å². The monoisotopic (exact) mass is 262 g/mol. The van der Waals surface area contributed by atoms with Crippen molar-refractivity contribution in [2.75, 3.05) is 0 Å². The maximum absolute atomic E-state index is 11.6. The molecule has 0 saturated carbocycles. The second kappa shape index (κ2) is 4.49. The van der Waals surface area contributed by atoms with E-state index in [1.54, 1.807) is 41.5 Å². The lowest BCUT2D eigenvalue weighted by Gasteiger charge is -2.21. The number of hydrogen-bond donors (Lipinski definition) is 0. The molecule has 0 spiro atoms. The molecule has 0 unspecified atom stereocenters. The molecule has 0 aliphatic carbocycles. The largest absolute Gasteiger partial charge is 0.516 e. The molecule has 0 radical (unpaired) electrons. The molecule has 18 heavy (non-hydrogen) atoms. The maximum Gasteiger partial charge on any atom is 0.516 e. The van der Waals surface area contributed by atoms with Crippen LogP contribution in [-0.4, -0.2) is 29.3 Å². The van der Waals surface area contributed by atoms with Gasteiger partial charge in [-0.05, 0) is 41.5 Å². The van der Waals surface area contributed by atoms with Crippen LogP contribution in [0.2, 0.25) is 0 Å². The SMILES string of the molecule is CC(C)(C)OC(=O)OC(=O)C1(OC(C)(C)C)OO1. The van der Waals surface area contributed by atoms with Gasteiger partial charge in [-0.3, -0.25) is 0 Å². The van der Waals surface area contributed by atoms with Crippen LogP contribution in [-0.2, 0) is 28.8 Å². The maximum atomic E-state index is 11.6. The van der Waals surface area contributed by atoms with Crippen molar-refractivity contribution >= 4 is 12.1 Å². The first-order valence-corrected chi connectivity index (χ1v) is 5.46. The Morgan fingerprint density at radius 2 is 1.44 bits per heavy atom. The highest BCUT2D eigenvalue weighted by Gasteiger charge is 2.64. The Morgan fingerprint density at radius 1 is 0.944 bits per heavy atom. The second-order valence-electron chi connectivity index (χ2n) is 5.79. The van der Waals surface area contributed by atoms with Gasteiger partial charge in [0.25, 0.3) is 0 Å². The fraction of sp³-hybridized carbons (Fsp3) is 0.818. The Kier molecular flexibility index (Phi) is 3.71. The zero-order valence-electron chi connectivity index (χ0n) is 11.4. The van der Waals surface area contributed by atoms with Crippen LogP contribution in [0.5, 0.6) is 0 Å². The summed E-state index contributed by atoms with van der Waals surface area (Å²) in [5.74, 6) is -3.07. The Morgan fingerprint density at radius 3 is 1.78 bits per heavy atom. The topological polar surface area (TPSA) is 86.9 Å². The second-order valence-corrected chi connectivity index (χ2v) is 5.79. The van der Waals surface area contributed by atoms with Gasteiger partial charge in [0.15, 0.2) is 0 Å². The van der Waals surface area contributed by atoms with E-state index in [0.29, 0.717) is 0 Å². The first kappa shape index (κ1) is 14.9. The van der Waals surface area contributed by atoms with Crippen molar-refractivity contribution in [2.45, 2.75) is 58.7 Å². The third-order valence-electron chi connectivity index (χ3n) is 1.49. The molecular weight excluding hydrogens is 244 g/mol. The standard InChI is InChI=1S/C11H18O7/c1-9(2,3)15-8(13)14-7(12)11(17-18-11)16-10(4,5)6/h1-6H3. The van der Waals surface area contributed by atoms with E-state index in [2.05, 4.69) is 14.5 Å². The highest BCUT2D eigenvalue weighted by Crippen LogP contribution is 2.36. The minimum Gasteiger partial charge on any atom is -0.428 e. The van der Waals surface area contributed by atoms with Gasteiger partial charge in [-0.25, -0.2) is 9.59 Å². The molecular formula is C11H18O7. The fourth-order valence-corrected chi connectivity index (χ4v) is 0.994. The molecule has 0 atom stereocenters. The molecule has 0 aromatic carbocycles. The van der Waals surface area contributed by atoms with Crippen LogP contribution in [0, 0.1) is 0 Å². The molecule has 1 heterocycles. The van der Waals surface area contributed by atoms with Crippen molar-refractivity contribution in [1.82, 2.24) is 0 Å². The van der Waals surface area contributed by atoms with Crippen LogP contribution in [0.3, 0.4) is 0 Å². The first-order chi connectivity index (χ1) is 7.94. The van der Waals surface area contributed by atoms with Crippen molar-refractivity contribution in [3.8, 4) is 0 Å².